The van der Waals surface area contributed by atoms with Crippen LogP contribution in [0, 0.1) is 0 Å². The van der Waals surface area contributed by atoms with Crippen LogP contribution in [0.2, 0.25) is 0 Å². The van der Waals surface area contributed by atoms with Gasteiger partial charge in [-0.3, -0.25) is 4.79 Å². The molecule has 4 nitrogen and oxygen atoms in total. The maximum atomic E-state index is 10.5. The second kappa shape index (κ2) is 6.33. The molecular formula is C14H12BrNO3. The third-order valence-corrected chi connectivity index (χ3v) is 3.01. The average molecular weight is 322 g/mol. The predicted molar refractivity (Wildman–Crippen MR) is 74.7 cm³/mol. The molecule has 5 heteroatoms. The lowest BCUT2D eigenvalue weighted by molar-refractivity contribution is 0.111. The normalized spacial score (nSPS) is 10.0. The van der Waals surface area contributed by atoms with E-state index in [0.29, 0.717) is 24.3 Å². The SMILES string of the molecule is COc1ccc(Br)cc1COc1ccc(C=O)nc1. The molecule has 0 aliphatic carbocycles. The fourth-order valence-electron chi connectivity index (χ4n) is 1.57. The van der Waals surface area contributed by atoms with Gasteiger partial charge in [-0.2, -0.15) is 0 Å². The number of carbonyl (C=O) groups excluding carboxylic acids is 1. The van der Waals surface area contributed by atoms with E-state index in [0.717, 1.165) is 15.8 Å². The number of nitrogens with zero attached hydrogens (tertiary/aromatic N) is 1. The van der Waals surface area contributed by atoms with Gasteiger partial charge in [0.1, 0.15) is 23.8 Å². The molecule has 1 aromatic heterocycles. The van der Waals surface area contributed by atoms with Crippen LogP contribution in [0.1, 0.15) is 16.1 Å². The van der Waals surface area contributed by atoms with E-state index in [1.54, 1.807) is 19.2 Å². The Hall–Kier alpha value is -1.88. The highest BCUT2D eigenvalue weighted by Crippen LogP contribution is 2.24. The van der Waals surface area contributed by atoms with Crippen molar-refractivity contribution >= 4 is 22.2 Å². The first-order chi connectivity index (χ1) is 9.22. The zero-order chi connectivity index (χ0) is 13.7. The summed E-state index contributed by atoms with van der Waals surface area (Å²) in [5.74, 6) is 1.37. The lowest BCUT2D eigenvalue weighted by Crippen LogP contribution is -1.99. The molecule has 2 rings (SSSR count). The summed E-state index contributed by atoms with van der Waals surface area (Å²) < 4.78 is 11.8. The summed E-state index contributed by atoms with van der Waals surface area (Å²) in [7, 11) is 1.62. The standard InChI is InChI=1S/C14H12BrNO3/c1-18-14-5-2-11(15)6-10(14)9-19-13-4-3-12(8-17)16-7-13/h2-8H,9H2,1H3. The van der Waals surface area contributed by atoms with Gasteiger partial charge in [0, 0.05) is 10.0 Å². The molecule has 2 aromatic rings. The smallest absolute Gasteiger partial charge is 0.168 e. The molecule has 0 spiro atoms. The van der Waals surface area contributed by atoms with Crippen molar-refractivity contribution in [2.24, 2.45) is 0 Å². The number of methoxy groups -OCH3 is 1. The van der Waals surface area contributed by atoms with E-state index < -0.39 is 0 Å². The van der Waals surface area contributed by atoms with Crippen LogP contribution in [0.5, 0.6) is 11.5 Å². The second-order valence-corrected chi connectivity index (χ2v) is 4.70. The zero-order valence-electron chi connectivity index (χ0n) is 10.3. The fourth-order valence-corrected chi connectivity index (χ4v) is 1.98. The van der Waals surface area contributed by atoms with Crippen molar-refractivity contribution in [2.45, 2.75) is 6.61 Å². The third-order valence-electron chi connectivity index (χ3n) is 2.52. The molecule has 98 valence electrons. The minimum atomic E-state index is 0.366. The van der Waals surface area contributed by atoms with E-state index >= 15 is 0 Å². The first kappa shape index (κ1) is 13.5. The molecule has 0 amide bonds. The number of benzene rings is 1. The van der Waals surface area contributed by atoms with Crippen molar-refractivity contribution in [3.8, 4) is 11.5 Å². The van der Waals surface area contributed by atoms with Gasteiger partial charge in [0.05, 0.1) is 13.3 Å². The first-order valence-corrected chi connectivity index (χ1v) is 6.38. The number of pyridine rings is 1. The van der Waals surface area contributed by atoms with Gasteiger partial charge in [0.15, 0.2) is 6.29 Å². The second-order valence-electron chi connectivity index (χ2n) is 3.78. The summed E-state index contributed by atoms with van der Waals surface area (Å²) >= 11 is 3.41. The topological polar surface area (TPSA) is 48.4 Å². The van der Waals surface area contributed by atoms with E-state index in [1.165, 1.54) is 6.20 Å². The molecule has 0 fully saturated rings. The van der Waals surface area contributed by atoms with Crippen LogP contribution in [0.4, 0.5) is 0 Å². The summed E-state index contributed by atoms with van der Waals surface area (Å²) in [4.78, 5) is 14.4. The van der Waals surface area contributed by atoms with Crippen molar-refractivity contribution < 1.29 is 14.3 Å². The highest BCUT2D eigenvalue weighted by atomic mass is 79.9. The van der Waals surface area contributed by atoms with Crippen LogP contribution in [-0.2, 0) is 6.61 Å². The van der Waals surface area contributed by atoms with E-state index in [2.05, 4.69) is 20.9 Å². The van der Waals surface area contributed by atoms with Crippen LogP contribution in [0.25, 0.3) is 0 Å². The number of carbonyl (C=O) groups is 1. The molecule has 0 unspecified atom stereocenters. The number of rotatable bonds is 5. The molecular weight excluding hydrogens is 310 g/mol. The first-order valence-electron chi connectivity index (χ1n) is 5.59. The van der Waals surface area contributed by atoms with Gasteiger partial charge in [-0.05, 0) is 30.3 Å². The van der Waals surface area contributed by atoms with Crippen molar-refractivity contribution in [3.63, 3.8) is 0 Å². The maximum absolute atomic E-state index is 10.5. The molecule has 0 atom stereocenters. The molecule has 0 saturated carbocycles. The van der Waals surface area contributed by atoms with Gasteiger partial charge in [0.2, 0.25) is 0 Å². The van der Waals surface area contributed by atoms with Gasteiger partial charge >= 0.3 is 0 Å². The van der Waals surface area contributed by atoms with Gasteiger partial charge in [-0.15, -0.1) is 0 Å². The van der Waals surface area contributed by atoms with Crippen molar-refractivity contribution in [3.05, 3.63) is 52.3 Å². The lowest BCUT2D eigenvalue weighted by Gasteiger charge is -2.10. The fraction of sp³-hybridized carbons (Fsp3) is 0.143. The number of halogens is 1. The van der Waals surface area contributed by atoms with Crippen LogP contribution in [0.15, 0.2) is 41.0 Å². The third kappa shape index (κ3) is 3.54. The minimum absolute atomic E-state index is 0.366. The molecule has 19 heavy (non-hydrogen) atoms. The van der Waals surface area contributed by atoms with Crippen molar-refractivity contribution in [1.82, 2.24) is 4.98 Å². The molecule has 1 aromatic carbocycles. The predicted octanol–water partition coefficient (Wildman–Crippen LogP) is 3.24. The summed E-state index contributed by atoms with van der Waals surface area (Å²) in [5, 5.41) is 0. The quantitative estimate of drug-likeness (QED) is 0.793. The monoisotopic (exact) mass is 321 g/mol. The molecule has 0 N–H and O–H groups in total. The van der Waals surface area contributed by atoms with Crippen LogP contribution in [-0.4, -0.2) is 18.4 Å². The number of aldehydes is 1. The zero-order valence-corrected chi connectivity index (χ0v) is 11.9. The molecule has 0 saturated heterocycles. The summed E-state index contributed by atoms with van der Waals surface area (Å²) in [6, 6.07) is 9.03. The summed E-state index contributed by atoms with van der Waals surface area (Å²) in [5.41, 5.74) is 1.31. The van der Waals surface area contributed by atoms with Crippen molar-refractivity contribution in [1.29, 1.82) is 0 Å². The number of hydrogen-bond acceptors (Lipinski definition) is 4. The molecule has 0 bridgehead atoms. The largest absolute Gasteiger partial charge is 0.496 e. The Morgan fingerprint density at radius 3 is 2.79 bits per heavy atom. The Balaban J connectivity index is 2.09. The van der Waals surface area contributed by atoms with Gasteiger partial charge < -0.3 is 9.47 Å². The highest BCUT2D eigenvalue weighted by Gasteiger charge is 2.05. The van der Waals surface area contributed by atoms with E-state index in [9.17, 15) is 4.79 Å². The van der Waals surface area contributed by atoms with Gasteiger partial charge in [0.25, 0.3) is 0 Å². The molecule has 0 aliphatic heterocycles. The Kier molecular flexibility index (Phi) is 4.52. The number of ether oxygens (including phenoxy) is 2. The Morgan fingerprint density at radius 1 is 1.32 bits per heavy atom. The highest BCUT2D eigenvalue weighted by molar-refractivity contribution is 9.10. The minimum Gasteiger partial charge on any atom is -0.496 e. The van der Waals surface area contributed by atoms with E-state index in [-0.39, 0.29) is 0 Å². The van der Waals surface area contributed by atoms with Crippen LogP contribution in [0.3, 0.4) is 0 Å². The lowest BCUT2D eigenvalue weighted by atomic mass is 10.2. The molecule has 1 heterocycles. The van der Waals surface area contributed by atoms with Crippen LogP contribution < -0.4 is 9.47 Å². The molecule has 0 aliphatic rings. The van der Waals surface area contributed by atoms with E-state index in [1.807, 2.05) is 18.2 Å². The number of aromatic nitrogens is 1. The summed E-state index contributed by atoms with van der Waals surface area (Å²) in [6.07, 6.45) is 2.22. The van der Waals surface area contributed by atoms with Crippen molar-refractivity contribution in [2.75, 3.05) is 7.11 Å². The van der Waals surface area contributed by atoms with Gasteiger partial charge in [-0.25, -0.2) is 4.98 Å². The van der Waals surface area contributed by atoms with Crippen LogP contribution >= 0.6 is 15.9 Å². The summed E-state index contributed by atoms with van der Waals surface area (Å²) in [6.45, 7) is 0.366. The molecule has 0 radical (unpaired) electrons. The van der Waals surface area contributed by atoms with E-state index in [4.69, 9.17) is 9.47 Å². The number of hydrogen-bond donors (Lipinski definition) is 0. The van der Waals surface area contributed by atoms with Gasteiger partial charge in [-0.1, -0.05) is 15.9 Å². The maximum Gasteiger partial charge on any atom is 0.168 e. The Bertz CT molecular complexity index is 569. The average Bonchev–Trinajstić information content (AvgIpc) is 2.46. The Labute approximate surface area is 119 Å². The Morgan fingerprint density at radius 2 is 2.16 bits per heavy atom.